The zero-order chi connectivity index (χ0) is 14.4. The third-order valence-electron chi connectivity index (χ3n) is 4.17. The van der Waals surface area contributed by atoms with Gasteiger partial charge in [0.15, 0.2) is 0 Å². The lowest BCUT2D eigenvalue weighted by Crippen LogP contribution is -2.48. The fraction of sp³-hybridized carbons (Fsp3) is 0.588. The first-order chi connectivity index (χ1) is 9.65. The van der Waals surface area contributed by atoms with E-state index in [2.05, 4.69) is 48.5 Å². The van der Waals surface area contributed by atoms with E-state index in [1.165, 1.54) is 5.56 Å². The van der Waals surface area contributed by atoms with Crippen molar-refractivity contribution in [3.05, 3.63) is 35.9 Å². The van der Waals surface area contributed by atoms with Crippen LogP contribution in [0.2, 0.25) is 0 Å². The van der Waals surface area contributed by atoms with E-state index < -0.39 is 0 Å². The molecule has 3 nitrogen and oxygen atoms in total. The molecule has 1 aliphatic heterocycles. The van der Waals surface area contributed by atoms with Gasteiger partial charge in [0.1, 0.15) is 0 Å². The Morgan fingerprint density at radius 2 is 2.10 bits per heavy atom. The van der Waals surface area contributed by atoms with Crippen LogP contribution in [0.15, 0.2) is 30.3 Å². The summed E-state index contributed by atoms with van der Waals surface area (Å²) in [5, 5.41) is 3.21. The number of amides is 1. The van der Waals surface area contributed by atoms with Crippen LogP contribution in [0.4, 0.5) is 0 Å². The first-order valence-corrected chi connectivity index (χ1v) is 7.67. The quantitative estimate of drug-likeness (QED) is 0.894. The molecule has 0 aromatic heterocycles. The van der Waals surface area contributed by atoms with Gasteiger partial charge in [-0.3, -0.25) is 4.79 Å². The van der Waals surface area contributed by atoms with Crippen LogP contribution >= 0.6 is 0 Å². The smallest absolute Gasteiger partial charge is 0.220 e. The molecule has 1 aliphatic rings. The van der Waals surface area contributed by atoms with E-state index in [-0.39, 0.29) is 5.91 Å². The zero-order valence-electron chi connectivity index (χ0n) is 12.6. The molecule has 110 valence electrons. The highest BCUT2D eigenvalue weighted by Crippen LogP contribution is 2.15. The number of benzene rings is 1. The maximum atomic E-state index is 12.0. The van der Waals surface area contributed by atoms with Crippen molar-refractivity contribution in [2.45, 2.75) is 38.6 Å². The molecule has 0 saturated carbocycles. The van der Waals surface area contributed by atoms with Crippen LogP contribution in [0.3, 0.4) is 0 Å². The first-order valence-electron chi connectivity index (χ1n) is 7.67. The second-order valence-corrected chi connectivity index (χ2v) is 6.04. The van der Waals surface area contributed by atoms with Crippen LogP contribution in [-0.2, 0) is 11.2 Å². The molecule has 0 unspecified atom stereocenters. The number of nitrogens with zero attached hydrogens (tertiary/aromatic N) is 1. The number of piperidine rings is 1. The van der Waals surface area contributed by atoms with Gasteiger partial charge in [-0.05, 0) is 44.3 Å². The van der Waals surface area contributed by atoms with Crippen molar-refractivity contribution in [3.8, 4) is 0 Å². The molecule has 0 aliphatic carbocycles. The van der Waals surface area contributed by atoms with Crippen molar-refractivity contribution >= 4 is 5.91 Å². The average molecular weight is 274 g/mol. The van der Waals surface area contributed by atoms with E-state index in [9.17, 15) is 4.79 Å². The molecule has 1 heterocycles. The molecule has 20 heavy (non-hydrogen) atoms. The van der Waals surface area contributed by atoms with Gasteiger partial charge in [-0.15, -0.1) is 0 Å². The Hall–Kier alpha value is -1.35. The number of hydrogen-bond donors (Lipinski definition) is 1. The van der Waals surface area contributed by atoms with Crippen LogP contribution in [0, 0.1) is 5.92 Å². The van der Waals surface area contributed by atoms with Gasteiger partial charge in [0.05, 0.1) is 0 Å². The second kappa shape index (κ2) is 7.44. The van der Waals surface area contributed by atoms with Gasteiger partial charge in [-0.2, -0.15) is 0 Å². The van der Waals surface area contributed by atoms with Gasteiger partial charge in [-0.25, -0.2) is 0 Å². The lowest BCUT2D eigenvalue weighted by atomic mass is 9.94. The van der Waals surface area contributed by atoms with E-state index in [4.69, 9.17) is 0 Å². The minimum absolute atomic E-state index is 0.210. The third-order valence-corrected chi connectivity index (χ3v) is 4.17. The summed E-state index contributed by atoms with van der Waals surface area (Å²) in [4.78, 5) is 14.3. The number of carbonyl (C=O) groups is 1. The number of carbonyl (C=O) groups excluding carboxylic acids is 1. The molecule has 1 saturated heterocycles. The highest BCUT2D eigenvalue weighted by atomic mass is 16.1. The van der Waals surface area contributed by atoms with Crippen molar-refractivity contribution < 1.29 is 4.79 Å². The minimum atomic E-state index is 0.210. The molecule has 0 bridgehead atoms. The Balaban J connectivity index is 1.68. The van der Waals surface area contributed by atoms with Crippen LogP contribution in [0.5, 0.6) is 0 Å². The Morgan fingerprint density at radius 1 is 1.35 bits per heavy atom. The van der Waals surface area contributed by atoms with Gasteiger partial charge in [-0.1, -0.05) is 37.3 Å². The van der Waals surface area contributed by atoms with E-state index in [1.807, 2.05) is 6.07 Å². The third kappa shape index (κ3) is 4.64. The normalized spacial score (nSPS) is 23.5. The van der Waals surface area contributed by atoms with Gasteiger partial charge in [0.2, 0.25) is 5.91 Å². The van der Waals surface area contributed by atoms with Crippen molar-refractivity contribution in [1.29, 1.82) is 0 Å². The molecule has 1 fully saturated rings. The van der Waals surface area contributed by atoms with Crippen LogP contribution in [0.25, 0.3) is 0 Å². The van der Waals surface area contributed by atoms with Crippen LogP contribution in [0.1, 0.15) is 31.7 Å². The van der Waals surface area contributed by atoms with Crippen LogP contribution < -0.4 is 5.32 Å². The molecule has 3 heteroatoms. The SMILES string of the molecule is C[C@@H]1CN(C)CC[C@@H]1NC(=O)CCCc1ccccc1. The first kappa shape index (κ1) is 15.0. The molecule has 1 aromatic carbocycles. The Morgan fingerprint density at radius 3 is 2.80 bits per heavy atom. The maximum Gasteiger partial charge on any atom is 0.220 e. The highest BCUT2D eigenvalue weighted by Gasteiger charge is 2.25. The lowest BCUT2D eigenvalue weighted by Gasteiger charge is -2.35. The fourth-order valence-corrected chi connectivity index (χ4v) is 2.95. The van der Waals surface area contributed by atoms with Gasteiger partial charge < -0.3 is 10.2 Å². The predicted molar refractivity (Wildman–Crippen MR) is 82.6 cm³/mol. The molecule has 1 amide bonds. The van der Waals surface area contributed by atoms with Crippen molar-refractivity contribution in [1.82, 2.24) is 10.2 Å². The number of likely N-dealkylation sites (tertiary alicyclic amines) is 1. The summed E-state index contributed by atoms with van der Waals surface area (Å²) < 4.78 is 0. The number of aryl methyl sites for hydroxylation is 1. The molecule has 1 N–H and O–H groups in total. The fourth-order valence-electron chi connectivity index (χ4n) is 2.95. The Kier molecular flexibility index (Phi) is 5.60. The summed E-state index contributed by atoms with van der Waals surface area (Å²) in [5.74, 6) is 0.758. The standard InChI is InChI=1S/C17H26N2O/c1-14-13-19(2)12-11-16(14)18-17(20)10-6-9-15-7-4-3-5-8-15/h3-5,7-8,14,16H,6,9-13H2,1-2H3,(H,18,20)/t14-,16+/m1/s1. The second-order valence-electron chi connectivity index (χ2n) is 6.04. The predicted octanol–water partition coefficient (Wildman–Crippen LogP) is 2.47. The van der Waals surface area contributed by atoms with E-state index in [1.54, 1.807) is 0 Å². The monoisotopic (exact) mass is 274 g/mol. The van der Waals surface area contributed by atoms with Crippen molar-refractivity contribution in [2.75, 3.05) is 20.1 Å². The summed E-state index contributed by atoms with van der Waals surface area (Å²) >= 11 is 0. The zero-order valence-corrected chi connectivity index (χ0v) is 12.6. The minimum Gasteiger partial charge on any atom is -0.353 e. The van der Waals surface area contributed by atoms with Gasteiger partial charge >= 0.3 is 0 Å². The number of nitrogens with one attached hydrogen (secondary N) is 1. The summed E-state index contributed by atoms with van der Waals surface area (Å²) in [6.45, 7) is 4.39. The maximum absolute atomic E-state index is 12.0. The van der Waals surface area contributed by atoms with E-state index >= 15 is 0 Å². The van der Waals surface area contributed by atoms with Gasteiger partial charge in [0, 0.05) is 19.0 Å². The Bertz CT molecular complexity index is 418. The number of rotatable bonds is 5. The molecular weight excluding hydrogens is 248 g/mol. The molecule has 0 spiro atoms. The highest BCUT2D eigenvalue weighted by molar-refractivity contribution is 5.76. The molecular formula is C17H26N2O. The topological polar surface area (TPSA) is 32.3 Å². The number of hydrogen-bond acceptors (Lipinski definition) is 2. The molecule has 2 rings (SSSR count). The largest absolute Gasteiger partial charge is 0.353 e. The van der Waals surface area contributed by atoms with E-state index in [0.717, 1.165) is 32.4 Å². The molecule has 1 aromatic rings. The van der Waals surface area contributed by atoms with Crippen molar-refractivity contribution in [2.24, 2.45) is 5.92 Å². The molecule has 0 radical (unpaired) electrons. The summed E-state index contributed by atoms with van der Waals surface area (Å²) in [6, 6.07) is 10.7. The summed E-state index contributed by atoms with van der Waals surface area (Å²) in [6.07, 6.45) is 3.62. The Labute approximate surface area is 122 Å². The van der Waals surface area contributed by atoms with E-state index in [0.29, 0.717) is 18.4 Å². The lowest BCUT2D eigenvalue weighted by molar-refractivity contribution is -0.122. The summed E-state index contributed by atoms with van der Waals surface area (Å²) in [5.41, 5.74) is 1.31. The average Bonchev–Trinajstić information content (AvgIpc) is 2.43. The molecule has 2 atom stereocenters. The van der Waals surface area contributed by atoms with Gasteiger partial charge in [0.25, 0.3) is 0 Å². The van der Waals surface area contributed by atoms with Crippen molar-refractivity contribution in [3.63, 3.8) is 0 Å². The van der Waals surface area contributed by atoms with Crippen LogP contribution in [-0.4, -0.2) is 37.0 Å². The summed E-state index contributed by atoms with van der Waals surface area (Å²) in [7, 11) is 2.15.